The number of pyridine rings is 1. The molecule has 2 heterocycles. The fraction of sp³-hybridized carbons (Fsp3) is 0.500. The van der Waals surface area contributed by atoms with Crippen molar-refractivity contribution in [3.05, 3.63) is 18.3 Å². The minimum absolute atomic E-state index is 0.165. The van der Waals surface area contributed by atoms with Crippen LogP contribution in [-0.2, 0) is 9.59 Å². The van der Waals surface area contributed by atoms with Crippen molar-refractivity contribution < 1.29 is 14.7 Å². The Balaban J connectivity index is 1.98. The van der Waals surface area contributed by atoms with Gasteiger partial charge < -0.3 is 21.1 Å². The fourth-order valence-electron chi connectivity index (χ4n) is 2.40. The van der Waals surface area contributed by atoms with Gasteiger partial charge in [-0.15, -0.1) is 0 Å². The molecule has 0 spiro atoms. The van der Waals surface area contributed by atoms with Crippen LogP contribution >= 0.6 is 0 Å². The first kappa shape index (κ1) is 15.2. The highest BCUT2D eigenvalue weighted by Gasteiger charge is 2.25. The molecular formula is C14H20N4O3. The van der Waals surface area contributed by atoms with Gasteiger partial charge in [0.1, 0.15) is 5.82 Å². The number of carboxylic acid groups (broad SMARTS) is 1. The van der Waals surface area contributed by atoms with E-state index in [4.69, 9.17) is 10.8 Å². The Morgan fingerprint density at radius 1 is 1.48 bits per heavy atom. The zero-order valence-corrected chi connectivity index (χ0v) is 11.8. The molecule has 7 nitrogen and oxygen atoms in total. The second-order valence-electron chi connectivity index (χ2n) is 5.11. The number of nitrogens with two attached hydrogens (primary N) is 1. The summed E-state index contributed by atoms with van der Waals surface area (Å²) in [5.74, 6) is -0.772. The average Bonchev–Trinajstić information content (AvgIpc) is 2.48. The molecule has 4 N–H and O–H groups in total. The number of nitrogens with one attached hydrogen (secondary N) is 1. The number of rotatable bonds is 5. The molecule has 1 aromatic heterocycles. The molecule has 114 valence electrons. The summed E-state index contributed by atoms with van der Waals surface area (Å²) < 4.78 is 0. The van der Waals surface area contributed by atoms with E-state index in [1.165, 1.54) is 0 Å². The lowest BCUT2D eigenvalue weighted by atomic mass is 9.98. The van der Waals surface area contributed by atoms with Crippen LogP contribution in [0.1, 0.15) is 19.3 Å². The number of amides is 1. The van der Waals surface area contributed by atoms with Crippen molar-refractivity contribution >= 4 is 23.4 Å². The van der Waals surface area contributed by atoms with Crippen LogP contribution in [0.3, 0.4) is 0 Å². The highest BCUT2D eigenvalue weighted by Crippen LogP contribution is 2.23. The van der Waals surface area contributed by atoms with Gasteiger partial charge in [-0.2, -0.15) is 0 Å². The van der Waals surface area contributed by atoms with E-state index in [2.05, 4.69) is 10.3 Å². The molecule has 1 unspecified atom stereocenters. The van der Waals surface area contributed by atoms with Gasteiger partial charge in [0, 0.05) is 26.1 Å². The summed E-state index contributed by atoms with van der Waals surface area (Å²) in [7, 11) is 0. The third kappa shape index (κ3) is 4.16. The lowest BCUT2D eigenvalue weighted by Gasteiger charge is -2.32. The first-order chi connectivity index (χ1) is 10.1. The third-order valence-electron chi connectivity index (χ3n) is 3.52. The predicted molar refractivity (Wildman–Crippen MR) is 79.1 cm³/mol. The van der Waals surface area contributed by atoms with Gasteiger partial charge in [-0.25, -0.2) is 4.98 Å². The maximum Gasteiger partial charge on any atom is 0.308 e. The number of carbonyl (C=O) groups excluding carboxylic acids is 1. The van der Waals surface area contributed by atoms with Gasteiger partial charge in [-0.1, -0.05) is 0 Å². The summed E-state index contributed by atoms with van der Waals surface area (Å²) in [5, 5.41) is 11.8. The van der Waals surface area contributed by atoms with E-state index in [-0.39, 0.29) is 18.2 Å². The topological polar surface area (TPSA) is 109 Å². The smallest absolute Gasteiger partial charge is 0.308 e. The number of piperidine rings is 1. The van der Waals surface area contributed by atoms with E-state index in [9.17, 15) is 9.59 Å². The van der Waals surface area contributed by atoms with Gasteiger partial charge in [-0.3, -0.25) is 9.59 Å². The Kier molecular flexibility index (Phi) is 5.10. The van der Waals surface area contributed by atoms with Gasteiger partial charge in [0.05, 0.1) is 17.8 Å². The summed E-state index contributed by atoms with van der Waals surface area (Å²) in [6.07, 6.45) is 3.48. The van der Waals surface area contributed by atoms with Crippen LogP contribution in [0, 0.1) is 5.92 Å². The average molecular weight is 292 g/mol. The maximum absolute atomic E-state index is 11.4. The monoisotopic (exact) mass is 292 g/mol. The van der Waals surface area contributed by atoms with Crippen LogP contribution in [0.15, 0.2) is 18.3 Å². The molecule has 2 rings (SSSR count). The molecule has 21 heavy (non-hydrogen) atoms. The van der Waals surface area contributed by atoms with Crippen LogP contribution in [-0.4, -0.2) is 41.6 Å². The molecule has 1 aliphatic heterocycles. The van der Waals surface area contributed by atoms with E-state index in [0.717, 1.165) is 18.7 Å². The van der Waals surface area contributed by atoms with E-state index in [0.29, 0.717) is 25.3 Å². The molecule has 1 saturated heterocycles. The van der Waals surface area contributed by atoms with Crippen LogP contribution in [0.25, 0.3) is 0 Å². The summed E-state index contributed by atoms with van der Waals surface area (Å²) in [6.45, 7) is 1.62. The van der Waals surface area contributed by atoms with Crippen LogP contribution in [0.5, 0.6) is 0 Å². The van der Waals surface area contributed by atoms with Crippen molar-refractivity contribution in [2.45, 2.75) is 19.3 Å². The number of hydrogen-bond donors (Lipinski definition) is 3. The van der Waals surface area contributed by atoms with Crippen molar-refractivity contribution in [1.29, 1.82) is 0 Å². The second-order valence-corrected chi connectivity index (χ2v) is 5.11. The highest BCUT2D eigenvalue weighted by molar-refractivity contribution is 5.89. The van der Waals surface area contributed by atoms with Crippen molar-refractivity contribution in [3.63, 3.8) is 0 Å². The van der Waals surface area contributed by atoms with Gasteiger partial charge in [-0.05, 0) is 25.0 Å². The van der Waals surface area contributed by atoms with E-state index in [1.54, 1.807) is 12.3 Å². The van der Waals surface area contributed by atoms with Gasteiger partial charge in [0.2, 0.25) is 5.91 Å². The van der Waals surface area contributed by atoms with Crippen LogP contribution < -0.4 is 16.0 Å². The van der Waals surface area contributed by atoms with Crippen molar-refractivity contribution in [1.82, 2.24) is 4.98 Å². The number of nitrogens with zero attached hydrogens (tertiary/aromatic N) is 2. The Hall–Kier alpha value is -2.15. The zero-order valence-electron chi connectivity index (χ0n) is 11.8. The first-order valence-corrected chi connectivity index (χ1v) is 7.04. The molecule has 1 fully saturated rings. The predicted octanol–water partition coefficient (Wildman–Crippen LogP) is 0.670. The van der Waals surface area contributed by atoms with E-state index < -0.39 is 5.97 Å². The number of aromatic nitrogens is 1. The van der Waals surface area contributed by atoms with E-state index in [1.807, 2.05) is 11.0 Å². The van der Waals surface area contributed by atoms with Crippen molar-refractivity contribution in [3.8, 4) is 0 Å². The number of aliphatic carboxylic acids is 1. The minimum Gasteiger partial charge on any atom is -0.481 e. The van der Waals surface area contributed by atoms with Crippen molar-refractivity contribution in [2.75, 3.05) is 29.9 Å². The summed E-state index contributed by atoms with van der Waals surface area (Å²) >= 11 is 0. The van der Waals surface area contributed by atoms with Crippen molar-refractivity contribution in [2.24, 2.45) is 11.7 Å². The van der Waals surface area contributed by atoms with Gasteiger partial charge in [0.15, 0.2) is 0 Å². The number of hydrogen-bond acceptors (Lipinski definition) is 5. The molecule has 0 saturated carbocycles. The second kappa shape index (κ2) is 7.03. The Morgan fingerprint density at radius 3 is 2.90 bits per heavy atom. The standard InChI is InChI=1S/C14H20N4O3/c15-6-5-13(19)17-12-4-3-11(8-16-12)18-7-1-2-10(9-18)14(20)21/h3-4,8,10H,1-2,5-7,9,15H2,(H,20,21)(H,16,17,19). The number of carboxylic acids is 1. The zero-order chi connectivity index (χ0) is 15.2. The highest BCUT2D eigenvalue weighted by atomic mass is 16.4. The van der Waals surface area contributed by atoms with Crippen LogP contribution in [0.2, 0.25) is 0 Å². The molecule has 1 aromatic rings. The molecule has 0 bridgehead atoms. The molecule has 0 aliphatic carbocycles. The summed E-state index contributed by atoms with van der Waals surface area (Å²) in [6, 6.07) is 3.56. The lowest BCUT2D eigenvalue weighted by molar-refractivity contribution is -0.142. The molecule has 1 aliphatic rings. The quantitative estimate of drug-likeness (QED) is 0.736. The molecular weight excluding hydrogens is 272 g/mol. The third-order valence-corrected chi connectivity index (χ3v) is 3.52. The normalized spacial score (nSPS) is 18.3. The van der Waals surface area contributed by atoms with Gasteiger partial charge >= 0.3 is 5.97 Å². The maximum atomic E-state index is 11.4. The lowest BCUT2D eigenvalue weighted by Crippen LogP contribution is -2.38. The van der Waals surface area contributed by atoms with Crippen LogP contribution in [0.4, 0.5) is 11.5 Å². The Labute approximate surface area is 123 Å². The minimum atomic E-state index is -0.752. The molecule has 1 atom stereocenters. The molecule has 0 aromatic carbocycles. The molecule has 7 heteroatoms. The number of anilines is 2. The number of carbonyl (C=O) groups is 2. The van der Waals surface area contributed by atoms with Gasteiger partial charge in [0.25, 0.3) is 0 Å². The first-order valence-electron chi connectivity index (χ1n) is 7.04. The molecule has 0 radical (unpaired) electrons. The SMILES string of the molecule is NCCC(=O)Nc1ccc(N2CCCC(C(=O)O)C2)cn1. The summed E-state index contributed by atoms with van der Waals surface area (Å²) in [5.41, 5.74) is 6.18. The fourth-order valence-corrected chi connectivity index (χ4v) is 2.40. The largest absolute Gasteiger partial charge is 0.481 e. The Morgan fingerprint density at radius 2 is 2.29 bits per heavy atom. The summed E-state index contributed by atoms with van der Waals surface area (Å²) in [4.78, 5) is 28.7. The van der Waals surface area contributed by atoms with E-state index >= 15 is 0 Å². The molecule has 1 amide bonds. The Bertz CT molecular complexity index is 503.